The summed E-state index contributed by atoms with van der Waals surface area (Å²) in [6.07, 6.45) is 5.52. The van der Waals surface area contributed by atoms with Crippen molar-refractivity contribution in [3.63, 3.8) is 0 Å². The van der Waals surface area contributed by atoms with E-state index in [1.165, 1.54) is 0 Å². The lowest BCUT2D eigenvalue weighted by atomic mass is 10.0. The van der Waals surface area contributed by atoms with Gasteiger partial charge in [0.1, 0.15) is 0 Å². The molecule has 116 valence electrons. The van der Waals surface area contributed by atoms with Crippen LogP contribution in [0, 0.1) is 5.92 Å². The van der Waals surface area contributed by atoms with Crippen molar-refractivity contribution in [2.45, 2.75) is 77.6 Å². The van der Waals surface area contributed by atoms with Gasteiger partial charge < -0.3 is 9.64 Å². The Morgan fingerprint density at radius 3 is 2.80 bits per heavy atom. The second-order valence-corrected chi connectivity index (χ2v) is 6.92. The first-order valence-electron chi connectivity index (χ1n) is 8.17. The lowest BCUT2D eigenvalue weighted by Crippen LogP contribution is -2.48. The number of amides is 1. The highest BCUT2D eigenvalue weighted by Crippen LogP contribution is 2.30. The highest BCUT2D eigenvalue weighted by molar-refractivity contribution is 5.84. The molecule has 0 aliphatic carbocycles. The van der Waals surface area contributed by atoms with Crippen LogP contribution in [0.1, 0.15) is 59.8 Å². The van der Waals surface area contributed by atoms with Crippen LogP contribution in [0.3, 0.4) is 0 Å². The molecule has 2 aliphatic rings. The lowest BCUT2D eigenvalue weighted by Gasteiger charge is -2.34. The second-order valence-electron chi connectivity index (χ2n) is 6.92. The van der Waals surface area contributed by atoms with Gasteiger partial charge >= 0.3 is 0 Å². The molecule has 4 nitrogen and oxygen atoms in total. The first-order valence-corrected chi connectivity index (χ1v) is 8.17. The van der Waals surface area contributed by atoms with E-state index >= 15 is 0 Å². The molecule has 0 spiro atoms. The number of hydrogen-bond acceptors (Lipinski definition) is 3. The molecular weight excluding hydrogens is 252 g/mol. The maximum absolute atomic E-state index is 12.7. The Morgan fingerprint density at radius 2 is 2.25 bits per heavy atom. The summed E-state index contributed by atoms with van der Waals surface area (Å²) in [4.78, 5) is 14.7. The average Bonchev–Trinajstić information content (AvgIpc) is 2.94. The molecule has 0 bridgehead atoms. The van der Waals surface area contributed by atoms with E-state index in [2.05, 4.69) is 33.0 Å². The van der Waals surface area contributed by atoms with E-state index in [4.69, 9.17) is 4.74 Å². The second kappa shape index (κ2) is 6.44. The van der Waals surface area contributed by atoms with E-state index in [0.717, 1.165) is 45.3 Å². The van der Waals surface area contributed by atoms with E-state index in [-0.39, 0.29) is 23.7 Å². The van der Waals surface area contributed by atoms with Gasteiger partial charge in [0.15, 0.2) is 0 Å². The van der Waals surface area contributed by atoms with Gasteiger partial charge in [-0.2, -0.15) is 0 Å². The average molecular weight is 282 g/mol. The van der Waals surface area contributed by atoms with Gasteiger partial charge in [-0.15, -0.1) is 0 Å². The maximum atomic E-state index is 12.7. The quantitative estimate of drug-likeness (QED) is 0.814. The molecule has 3 unspecified atom stereocenters. The highest BCUT2D eigenvalue weighted by atomic mass is 16.5. The number of hydrogen-bond donors (Lipinski definition) is 1. The van der Waals surface area contributed by atoms with E-state index in [1.54, 1.807) is 0 Å². The van der Waals surface area contributed by atoms with Crippen LogP contribution in [0.4, 0.5) is 0 Å². The van der Waals surface area contributed by atoms with Gasteiger partial charge in [0.2, 0.25) is 5.91 Å². The third-order valence-electron chi connectivity index (χ3n) is 4.57. The number of unbranched alkanes of at least 4 members (excludes halogenated alkanes) is 1. The Kier molecular flexibility index (Phi) is 5.08. The van der Waals surface area contributed by atoms with Crippen molar-refractivity contribution in [1.29, 1.82) is 0 Å². The minimum absolute atomic E-state index is 0.00681. The molecule has 2 heterocycles. The number of rotatable bonds is 6. The van der Waals surface area contributed by atoms with Crippen molar-refractivity contribution in [2.75, 3.05) is 13.2 Å². The third kappa shape index (κ3) is 3.34. The Hall–Kier alpha value is -0.610. The van der Waals surface area contributed by atoms with Gasteiger partial charge in [-0.1, -0.05) is 33.6 Å². The van der Waals surface area contributed by atoms with Crippen molar-refractivity contribution >= 4 is 5.91 Å². The van der Waals surface area contributed by atoms with Crippen LogP contribution in [-0.4, -0.2) is 41.8 Å². The topological polar surface area (TPSA) is 41.6 Å². The molecule has 1 amide bonds. The van der Waals surface area contributed by atoms with Crippen molar-refractivity contribution < 1.29 is 9.53 Å². The summed E-state index contributed by atoms with van der Waals surface area (Å²) in [5, 5.41) is 3.54. The number of ether oxygens (including phenoxy) is 1. The van der Waals surface area contributed by atoms with Crippen LogP contribution < -0.4 is 5.32 Å². The van der Waals surface area contributed by atoms with E-state index in [1.807, 2.05) is 4.90 Å². The molecule has 0 aromatic rings. The fraction of sp³-hybridized carbons (Fsp3) is 0.938. The predicted octanol–water partition coefficient (Wildman–Crippen LogP) is 2.53. The Labute approximate surface area is 123 Å². The zero-order valence-corrected chi connectivity index (χ0v) is 13.4. The smallest absolute Gasteiger partial charge is 0.241 e. The van der Waals surface area contributed by atoms with E-state index in [0.29, 0.717) is 5.92 Å². The molecule has 2 rings (SSSR count). The number of nitrogens with one attached hydrogen (secondary N) is 1. The fourth-order valence-corrected chi connectivity index (χ4v) is 3.37. The Morgan fingerprint density at radius 1 is 1.50 bits per heavy atom. The van der Waals surface area contributed by atoms with Crippen LogP contribution in [0.25, 0.3) is 0 Å². The van der Waals surface area contributed by atoms with Crippen LogP contribution in [0.15, 0.2) is 0 Å². The summed E-state index contributed by atoms with van der Waals surface area (Å²) >= 11 is 0. The molecule has 0 aromatic carbocycles. The standard InChI is InChI=1S/C16H30N2O2/c1-5-6-8-13-15(19)18(14(17-13)12(2)3)11-16(4)9-7-10-20-16/h12-14,17H,5-11H2,1-4H3. The zero-order chi connectivity index (χ0) is 14.8. The largest absolute Gasteiger partial charge is 0.373 e. The summed E-state index contributed by atoms with van der Waals surface area (Å²) in [6.45, 7) is 10.2. The lowest BCUT2D eigenvalue weighted by molar-refractivity contribution is -0.134. The summed E-state index contributed by atoms with van der Waals surface area (Å²) in [5.41, 5.74) is -0.149. The number of carbonyl (C=O) groups excluding carboxylic acids is 1. The summed E-state index contributed by atoms with van der Waals surface area (Å²) < 4.78 is 5.87. The van der Waals surface area contributed by atoms with Crippen molar-refractivity contribution in [3.05, 3.63) is 0 Å². The fourth-order valence-electron chi connectivity index (χ4n) is 3.37. The van der Waals surface area contributed by atoms with Crippen molar-refractivity contribution in [2.24, 2.45) is 5.92 Å². The molecular formula is C16H30N2O2. The monoisotopic (exact) mass is 282 g/mol. The third-order valence-corrected chi connectivity index (χ3v) is 4.57. The minimum Gasteiger partial charge on any atom is -0.373 e. The molecule has 1 N–H and O–H groups in total. The van der Waals surface area contributed by atoms with Gasteiger partial charge in [0.05, 0.1) is 24.4 Å². The predicted molar refractivity (Wildman–Crippen MR) is 80.4 cm³/mol. The Balaban J connectivity index is 2.05. The molecule has 2 fully saturated rings. The van der Waals surface area contributed by atoms with E-state index < -0.39 is 0 Å². The zero-order valence-electron chi connectivity index (χ0n) is 13.4. The number of carbonyl (C=O) groups is 1. The first kappa shape index (κ1) is 15.8. The van der Waals surface area contributed by atoms with Gasteiger partial charge in [-0.05, 0) is 32.1 Å². The molecule has 0 saturated carbocycles. The summed E-state index contributed by atoms with van der Waals surface area (Å²) in [5.74, 6) is 0.699. The first-order chi connectivity index (χ1) is 9.47. The highest BCUT2D eigenvalue weighted by Gasteiger charge is 2.44. The van der Waals surface area contributed by atoms with Crippen molar-refractivity contribution in [3.8, 4) is 0 Å². The van der Waals surface area contributed by atoms with Gasteiger partial charge in [-0.3, -0.25) is 10.1 Å². The summed E-state index contributed by atoms with van der Waals surface area (Å²) in [6, 6.07) is 0.00681. The summed E-state index contributed by atoms with van der Waals surface area (Å²) in [7, 11) is 0. The van der Waals surface area contributed by atoms with Crippen LogP contribution in [0.5, 0.6) is 0 Å². The van der Waals surface area contributed by atoms with Gasteiger partial charge in [0.25, 0.3) is 0 Å². The molecule has 0 aromatic heterocycles. The molecule has 3 atom stereocenters. The maximum Gasteiger partial charge on any atom is 0.241 e. The molecule has 20 heavy (non-hydrogen) atoms. The molecule has 4 heteroatoms. The Bertz CT molecular complexity index is 337. The van der Waals surface area contributed by atoms with E-state index in [9.17, 15) is 4.79 Å². The van der Waals surface area contributed by atoms with Crippen molar-refractivity contribution in [1.82, 2.24) is 10.2 Å². The van der Waals surface area contributed by atoms with Crippen LogP contribution in [-0.2, 0) is 9.53 Å². The van der Waals surface area contributed by atoms with Gasteiger partial charge in [0, 0.05) is 6.61 Å². The minimum atomic E-state index is -0.149. The van der Waals surface area contributed by atoms with Crippen LogP contribution >= 0.6 is 0 Å². The normalized spacial score (nSPS) is 34.5. The molecule has 0 radical (unpaired) electrons. The van der Waals surface area contributed by atoms with Crippen LogP contribution in [0.2, 0.25) is 0 Å². The van der Waals surface area contributed by atoms with Gasteiger partial charge in [-0.25, -0.2) is 0 Å². The SMILES string of the molecule is CCCCC1NC(C(C)C)N(CC2(C)CCCO2)C1=O. The number of nitrogens with zero attached hydrogens (tertiary/aromatic N) is 1. The molecule has 2 aliphatic heterocycles. The molecule has 2 saturated heterocycles.